The topological polar surface area (TPSA) is 61.4 Å². The van der Waals surface area contributed by atoms with Gasteiger partial charge in [0.2, 0.25) is 0 Å². The first-order valence-corrected chi connectivity index (χ1v) is 7.43. The van der Waals surface area contributed by atoms with E-state index >= 15 is 0 Å². The van der Waals surface area contributed by atoms with Crippen LogP contribution in [-0.4, -0.2) is 29.8 Å². The second-order valence-corrected chi connectivity index (χ2v) is 5.82. The van der Waals surface area contributed by atoms with E-state index in [1.165, 1.54) is 0 Å². The standard InChI is InChI=1S/C14H15BrN6/c1-10-5-11(2)21(18-10)4-3-20-9-14(17-19-20)12-6-13(15)8-16-7-12/h5-9H,3-4H2,1-2H3. The van der Waals surface area contributed by atoms with Gasteiger partial charge in [-0.2, -0.15) is 5.10 Å². The van der Waals surface area contributed by atoms with Crippen molar-refractivity contribution in [2.75, 3.05) is 0 Å². The zero-order valence-electron chi connectivity index (χ0n) is 11.9. The molecule has 3 aromatic heterocycles. The Bertz CT molecular complexity index is 760. The predicted molar refractivity (Wildman–Crippen MR) is 82.7 cm³/mol. The number of aryl methyl sites for hydroxylation is 4. The summed E-state index contributed by atoms with van der Waals surface area (Å²) in [7, 11) is 0. The third-order valence-corrected chi connectivity index (χ3v) is 3.62. The Morgan fingerprint density at radius 2 is 2.00 bits per heavy atom. The van der Waals surface area contributed by atoms with Gasteiger partial charge in [-0.15, -0.1) is 5.10 Å². The molecule has 7 heteroatoms. The Hall–Kier alpha value is -2.02. The number of halogens is 1. The van der Waals surface area contributed by atoms with Crippen LogP contribution in [0.15, 0.2) is 35.2 Å². The van der Waals surface area contributed by atoms with Crippen LogP contribution < -0.4 is 0 Å². The molecule has 6 nitrogen and oxygen atoms in total. The van der Waals surface area contributed by atoms with Gasteiger partial charge >= 0.3 is 0 Å². The summed E-state index contributed by atoms with van der Waals surface area (Å²) in [5.74, 6) is 0. The molecule has 3 aromatic rings. The van der Waals surface area contributed by atoms with Crippen molar-refractivity contribution in [3.63, 3.8) is 0 Å². The first-order valence-electron chi connectivity index (χ1n) is 6.64. The lowest BCUT2D eigenvalue weighted by atomic mass is 10.2. The molecule has 0 radical (unpaired) electrons. The molecule has 0 bridgehead atoms. The normalized spacial score (nSPS) is 11.0. The Morgan fingerprint density at radius 1 is 1.14 bits per heavy atom. The summed E-state index contributed by atoms with van der Waals surface area (Å²) in [6.45, 7) is 5.56. The number of hydrogen-bond acceptors (Lipinski definition) is 4. The Kier molecular flexibility index (Phi) is 3.83. The molecule has 0 fully saturated rings. The molecule has 108 valence electrons. The van der Waals surface area contributed by atoms with Crippen LogP contribution in [0.3, 0.4) is 0 Å². The van der Waals surface area contributed by atoms with Crippen LogP contribution in [-0.2, 0) is 13.1 Å². The van der Waals surface area contributed by atoms with E-state index in [-0.39, 0.29) is 0 Å². The van der Waals surface area contributed by atoms with Crippen LogP contribution in [0.4, 0.5) is 0 Å². The van der Waals surface area contributed by atoms with Gasteiger partial charge in [-0.05, 0) is 41.9 Å². The highest BCUT2D eigenvalue weighted by Crippen LogP contribution is 2.19. The van der Waals surface area contributed by atoms with Crippen LogP contribution in [0.1, 0.15) is 11.4 Å². The third kappa shape index (κ3) is 3.18. The largest absolute Gasteiger partial charge is 0.268 e. The fourth-order valence-electron chi connectivity index (χ4n) is 2.19. The second-order valence-electron chi connectivity index (χ2n) is 4.91. The fourth-order valence-corrected chi connectivity index (χ4v) is 2.56. The van der Waals surface area contributed by atoms with Crippen LogP contribution in [0, 0.1) is 13.8 Å². The molecule has 0 N–H and O–H groups in total. The van der Waals surface area contributed by atoms with Crippen molar-refractivity contribution < 1.29 is 0 Å². The van der Waals surface area contributed by atoms with Crippen LogP contribution in [0.2, 0.25) is 0 Å². The minimum absolute atomic E-state index is 0.733. The van der Waals surface area contributed by atoms with E-state index < -0.39 is 0 Å². The molecule has 0 unspecified atom stereocenters. The van der Waals surface area contributed by atoms with Gasteiger partial charge in [-0.1, -0.05) is 5.21 Å². The summed E-state index contributed by atoms with van der Waals surface area (Å²) in [5.41, 5.74) is 3.95. The average molecular weight is 347 g/mol. The van der Waals surface area contributed by atoms with Crippen molar-refractivity contribution in [1.29, 1.82) is 0 Å². The number of pyridine rings is 1. The minimum atomic E-state index is 0.733. The summed E-state index contributed by atoms with van der Waals surface area (Å²) < 4.78 is 4.74. The molecule has 0 aliphatic rings. The van der Waals surface area contributed by atoms with Crippen molar-refractivity contribution in [2.24, 2.45) is 0 Å². The maximum absolute atomic E-state index is 4.44. The molecular weight excluding hydrogens is 332 g/mol. The quantitative estimate of drug-likeness (QED) is 0.728. The smallest absolute Gasteiger partial charge is 0.114 e. The van der Waals surface area contributed by atoms with Crippen LogP contribution >= 0.6 is 15.9 Å². The van der Waals surface area contributed by atoms with E-state index in [4.69, 9.17) is 0 Å². The third-order valence-electron chi connectivity index (χ3n) is 3.18. The summed E-state index contributed by atoms with van der Waals surface area (Å²) >= 11 is 3.41. The highest BCUT2D eigenvalue weighted by atomic mass is 79.9. The average Bonchev–Trinajstić information content (AvgIpc) is 3.03. The van der Waals surface area contributed by atoms with Gasteiger partial charge in [0, 0.05) is 28.1 Å². The summed E-state index contributed by atoms with van der Waals surface area (Å²) in [5, 5.41) is 12.8. The van der Waals surface area contributed by atoms with Crippen molar-refractivity contribution in [2.45, 2.75) is 26.9 Å². The molecule has 0 aliphatic carbocycles. The zero-order chi connectivity index (χ0) is 14.8. The van der Waals surface area contributed by atoms with E-state index in [0.717, 1.165) is 40.2 Å². The SMILES string of the molecule is Cc1cc(C)n(CCn2cc(-c3cncc(Br)c3)nn2)n1. The van der Waals surface area contributed by atoms with Gasteiger partial charge < -0.3 is 0 Å². The van der Waals surface area contributed by atoms with Gasteiger partial charge in [-0.25, -0.2) is 0 Å². The molecule has 0 saturated carbocycles. The number of rotatable bonds is 4. The molecule has 0 spiro atoms. The maximum Gasteiger partial charge on any atom is 0.114 e. The molecule has 0 aliphatic heterocycles. The highest BCUT2D eigenvalue weighted by Gasteiger charge is 2.06. The van der Waals surface area contributed by atoms with Crippen molar-refractivity contribution in [1.82, 2.24) is 29.8 Å². The lowest BCUT2D eigenvalue weighted by Gasteiger charge is -2.03. The Balaban J connectivity index is 1.72. The first-order chi connectivity index (χ1) is 10.1. The zero-order valence-corrected chi connectivity index (χ0v) is 13.4. The molecule has 3 heterocycles. The molecule has 3 rings (SSSR count). The molecule has 0 saturated heterocycles. The number of aromatic nitrogens is 6. The number of nitrogens with zero attached hydrogens (tertiary/aromatic N) is 6. The summed E-state index contributed by atoms with van der Waals surface area (Å²) in [6, 6.07) is 4.04. The Labute approximate surface area is 130 Å². The van der Waals surface area contributed by atoms with E-state index in [1.807, 2.05) is 28.6 Å². The van der Waals surface area contributed by atoms with Gasteiger partial charge in [0.1, 0.15) is 5.69 Å². The molecule has 0 amide bonds. The van der Waals surface area contributed by atoms with E-state index in [9.17, 15) is 0 Å². The second kappa shape index (κ2) is 5.77. The van der Waals surface area contributed by atoms with Gasteiger partial charge in [-0.3, -0.25) is 14.3 Å². The maximum atomic E-state index is 4.44. The summed E-state index contributed by atoms with van der Waals surface area (Å²) in [4.78, 5) is 4.14. The van der Waals surface area contributed by atoms with E-state index in [0.29, 0.717) is 0 Å². The lowest BCUT2D eigenvalue weighted by molar-refractivity contribution is 0.481. The predicted octanol–water partition coefficient (Wildman–Crippen LogP) is 2.62. The molecule has 0 aromatic carbocycles. The highest BCUT2D eigenvalue weighted by molar-refractivity contribution is 9.10. The van der Waals surface area contributed by atoms with Gasteiger partial charge in [0.05, 0.1) is 25.0 Å². The number of hydrogen-bond donors (Lipinski definition) is 0. The van der Waals surface area contributed by atoms with Crippen LogP contribution in [0.25, 0.3) is 11.3 Å². The van der Waals surface area contributed by atoms with E-state index in [2.05, 4.69) is 49.3 Å². The van der Waals surface area contributed by atoms with Crippen LogP contribution in [0.5, 0.6) is 0 Å². The molecule has 0 atom stereocenters. The first kappa shape index (κ1) is 13.9. The van der Waals surface area contributed by atoms with E-state index in [1.54, 1.807) is 12.4 Å². The fraction of sp³-hybridized carbons (Fsp3) is 0.286. The monoisotopic (exact) mass is 346 g/mol. The van der Waals surface area contributed by atoms with Crippen molar-refractivity contribution >= 4 is 15.9 Å². The lowest BCUT2D eigenvalue weighted by Crippen LogP contribution is -2.10. The van der Waals surface area contributed by atoms with Crippen molar-refractivity contribution in [3.05, 3.63) is 46.6 Å². The molecular formula is C14H15BrN6. The van der Waals surface area contributed by atoms with Gasteiger partial charge in [0.15, 0.2) is 0 Å². The van der Waals surface area contributed by atoms with Crippen molar-refractivity contribution in [3.8, 4) is 11.3 Å². The molecule has 21 heavy (non-hydrogen) atoms. The summed E-state index contributed by atoms with van der Waals surface area (Å²) in [6.07, 6.45) is 5.45. The minimum Gasteiger partial charge on any atom is -0.268 e. The Morgan fingerprint density at radius 3 is 2.71 bits per heavy atom. The van der Waals surface area contributed by atoms with Gasteiger partial charge in [0.25, 0.3) is 0 Å².